The van der Waals surface area contributed by atoms with Gasteiger partial charge in [-0.05, 0) is 24.9 Å². The summed E-state index contributed by atoms with van der Waals surface area (Å²) < 4.78 is 0. The van der Waals surface area contributed by atoms with Crippen LogP contribution < -0.4 is 5.73 Å². The number of carbonyl (C=O) groups excluding carboxylic acids is 1. The fraction of sp³-hybridized carbons (Fsp3) is 0.333. The van der Waals surface area contributed by atoms with Crippen molar-refractivity contribution in [3.63, 3.8) is 0 Å². The summed E-state index contributed by atoms with van der Waals surface area (Å²) in [6, 6.07) is 7.53. The molecule has 3 rings (SSSR count). The lowest BCUT2D eigenvalue weighted by atomic mass is 10.1. The number of hydrogen-bond donors (Lipinski definition) is 1. The summed E-state index contributed by atoms with van der Waals surface area (Å²) in [5.41, 5.74) is 6.53. The molecule has 2 aromatic rings. The first-order chi connectivity index (χ1) is 10.2. The predicted molar refractivity (Wildman–Crippen MR) is 85.6 cm³/mol. The zero-order valence-corrected chi connectivity index (χ0v) is 13.0. The third kappa shape index (κ3) is 2.95. The number of nitrogens with zero attached hydrogens (tertiary/aromatic N) is 2. The van der Waals surface area contributed by atoms with Crippen molar-refractivity contribution < 1.29 is 4.79 Å². The van der Waals surface area contributed by atoms with Gasteiger partial charge in [0, 0.05) is 18.7 Å². The Hall–Kier alpha value is -1.43. The Balaban J connectivity index is 1.79. The predicted octanol–water partition coefficient (Wildman–Crippen LogP) is 2.88. The van der Waals surface area contributed by atoms with Crippen LogP contribution in [0, 0.1) is 5.92 Å². The summed E-state index contributed by atoms with van der Waals surface area (Å²) >= 11 is 7.56. The number of hydrogen-bond acceptors (Lipinski definition) is 4. The Kier molecular flexibility index (Phi) is 4.24. The Morgan fingerprint density at radius 2 is 2.29 bits per heavy atom. The summed E-state index contributed by atoms with van der Waals surface area (Å²) in [5, 5.41) is 1.42. The number of aromatic nitrogens is 1. The molecule has 21 heavy (non-hydrogen) atoms. The molecule has 110 valence electrons. The molecule has 6 heteroatoms. The van der Waals surface area contributed by atoms with E-state index in [1.807, 2.05) is 29.2 Å². The summed E-state index contributed by atoms with van der Waals surface area (Å²) in [6.07, 6.45) is 2.62. The molecule has 1 aromatic heterocycles. The van der Waals surface area contributed by atoms with Gasteiger partial charge in [0.1, 0.15) is 9.88 Å². The van der Waals surface area contributed by atoms with Crippen molar-refractivity contribution in [3.05, 3.63) is 40.4 Å². The fourth-order valence-electron chi connectivity index (χ4n) is 2.50. The van der Waals surface area contributed by atoms with Gasteiger partial charge in [-0.1, -0.05) is 29.8 Å². The number of halogens is 1. The van der Waals surface area contributed by atoms with E-state index in [0.29, 0.717) is 22.4 Å². The van der Waals surface area contributed by atoms with Gasteiger partial charge < -0.3 is 10.6 Å². The smallest absolute Gasteiger partial charge is 0.265 e. The highest BCUT2D eigenvalue weighted by molar-refractivity contribution is 7.17. The topological polar surface area (TPSA) is 59.2 Å². The van der Waals surface area contributed by atoms with Crippen LogP contribution in [0.3, 0.4) is 0 Å². The number of thiazole rings is 1. The molecule has 1 aromatic carbocycles. The molecule has 1 fully saturated rings. The van der Waals surface area contributed by atoms with E-state index >= 15 is 0 Å². The van der Waals surface area contributed by atoms with Crippen LogP contribution in [-0.4, -0.2) is 35.4 Å². The van der Waals surface area contributed by atoms with Gasteiger partial charge in [0.15, 0.2) is 0 Å². The van der Waals surface area contributed by atoms with Crippen LogP contribution in [0.1, 0.15) is 16.1 Å². The summed E-state index contributed by atoms with van der Waals surface area (Å²) in [4.78, 5) is 19.3. The van der Waals surface area contributed by atoms with Crippen molar-refractivity contribution in [2.45, 2.75) is 6.42 Å². The van der Waals surface area contributed by atoms with E-state index in [2.05, 4.69) is 4.98 Å². The lowest BCUT2D eigenvalue weighted by Gasteiger charge is -2.14. The molecule has 1 saturated heterocycles. The Morgan fingerprint density at radius 1 is 1.48 bits per heavy atom. The molecule has 0 saturated carbocycles. The Labute approximate surface area is 132 Å². The summed E-state index contributed by atoms with van der Waals surface area (Å²) in [5.74, 6) is 0.465. The standard InChI is InChI=1S/C15H16ClN3OS/c16-12-4-2-1-3-11(12)14-18-8-13(21-14)15(20)19-6-5-10(7-17)9-19/h1-4,8,10H,5-7,9,17H2/t10-/m1/s1. The molecular weight excluding hydrogens is 306 g/mol. The molecule has 4 nitrogen and oxygen atoms in total. The first-order valence-electron chi connectivity index (χ1n) is 6.89. The average Bonchev–Trinajstić information content (AvgIpc) is 3.16. The van der Waals surface area contributed by atoms with Crippen molar-refractivity contribution >= 4 is 28.8 Å². The van der Waals surface area contributed by atoms with Crippen LogP contribution in [0.5, 0.6) is 0 Å². The molecule has 1 aliphatic rings. The highest BCUT2D eigenvalue weighted by Gasteiger charge is 2.27. The Morgan fingerprint density at radius 3 is 3.00 bits per heavy atom. The number of nitrogens with two attached hydrogens (primary N) is 1. The summed E-state index contributed by atoms with van der Waals surface area (Å²) in [7, 11) is 0. The van der Waals surface area contributed by atoms with E-state index in [4.69, 9.17) is 17.3 Å². The maximum atomic E-state index is 12.5. The van der Waals surface area contributed by atoms with Crippen molar-refractivity contribution in [2.75, 3.05) is 19.6 Å². The maximum Gasteiger partial charge on any atom is 0.265 e. The number of amides is 1. The number of benzene rings is 1. The highest BCUT2D eigenvalue weighted by Crippen LogP contribution is 2.31. The van der Waals surface area contributed by atoms with Crippen LogP contribution in [-0.2, 0) is 0 Å². The van der Waals surface area contributed by atoms with Crippen LogP contribution in [0.25, 0.3) is 10.6 Å². The minimum absolute atomic E-state index is 0.0433. The van der Waals surface area contributed by atoms with Crippen LogP contribution in [0.2, 0.25) is 5.02 Å². The average molecular weight is 322 g/mol. The van der Waals surface area contributed by atoms with Gasteiger partial charge >= 0.3 is 0 Å². The molecule has 1 atom stereocenters. The van der Waals surface area contributed by atoms with Gasteiger partial charge in [-0.2, -0.15) is 0 Å². The second-order valence-corrected chi connectivity index (χ2v) is 6.59. The first-order valence-corrected chi connectivity index (χ1v) is 8.08. The van der Waals surface area contributed by atoms with E-state index in [1.165, 1.54) is 11.3 Å². The van der Waals surface area contributed by atoms with E-state index in [-0.39, 0.29) is 5.91 Å². The third-order valence-corrected chi connectivity index (χ3v) is 5.08. The van der Waals surface area contributed by atoms with Gasteiger partial charge in [-0.3, -0.25) is 4.79 Å². The SMILES string of the molecule is NC[C@H]1CCN(C(=O)c2cnc(-c3ccccc3Cl)s2)C1. The molecule has 1 amide bonds. The van der Waals surface area contributed by atoms with Gasteiger partial charge in [0.25, 0.3) is 5.91 Å². The second kappa shape index (κ2) is 6.13. The van der Waals surface area contributed by atoms with Crippen molar-refractivity contribution in [2.24, 2.45) is 11.7 Å². The second-order valence-electron chi connectivity index (χ2n) is 5.15. The number of rotatable bonds is 3. The van der Waals surface area contributed by atoms with Crippen LogP contribution in [0.15, 0.2) is 30.5 Å². The van der Waals surface area contributed by atoms with Gasteiger partial charge in [0.2, 0.25) is 0 Å². The molecule has 2 heterocycles. The van der Waals surface area contributed by atoms with E-state index in [9.17, 15) is 4.79 Å². The maximum absolute atomic E-state index is 12.5. The minimum Gasteiger partial charge on any atom is -0.338 e. The van der Waals surface area contributed by atoms with Gasteiger partial charge in [-0.25, -0.2) is 4.98 Å². The molecule has 0 radical (unpaired) electrons. The van der Waals surface area contributed by atoms with Crippen molar-refractivity contribution in [1.82, 2.24) is 9.88 Å². The lowest BCUT2D eigenvalue weighted by Crippen LogP contribution is -2.29. The molecule has 2 N–H and O–H groups in total. The first kappa shape index (κ1) is 14.5. The monoisotopic (exact) mass is 321 g/mol. The molecule has 0 spiro atoms. The van der Waals surface area contributed by atoms with Crippen LogP contribution >= 0.6 is 22.9 Å². The molecule has 0 aliphatic carbocycles. The minimum atomic E-state index is 0.0433. The van der Waals surface area contributed by atoms with Crippen molar-refractivity contribution in [3.8, 4) is 10.6 Å². The molecule has 0 bridgehead atoms. The molecular formula is C15H16ClN3OS. The van der Waals surface area contributed by atoms with Gasteiger partial charge in [-0.15, -0.1) is 11.3 Å². The lowest BCUT2D eigenvalue weighted by molar-refractivity contribution is 0.0792. The quantitative estimate of drug-likeness (QED) is 0.945. The van der Waals surface area contributed by atoms with Crippen molar-refractivity contribution in [1.29, 1.82) is 0 Å². The number of likely N-dealkylation sites (tertiary alicyclic amines) is 1. The van der Waals surface area contributed by atoms with Gasteiger partial charge in [0.05, 0.1) is 11.2 Å². The van der Waals surface area contributed by atoms with Crippen LogP contribution in [0.4, 0.5) is 0 Å². The fourth-order valence-corrected chi connectivity index (χ4v) is 3.70. The largest absolute Gasteiger partial charge is 0.338 e. The number of carbonyl (C=O) groups is 1. The normalized spacial score (nSPS) is 18.2. The van der Waals surface area contributed by atoms with E-state index in [1.54, 1.807) is 6.20 Å². The highest BCUT2D eigenvalue weighted by atomic mass is 35.5. The zero-order valence-electron chi connectivity index (χ0n) is 11.5. The van der Waals surface area contributed by atoms with E-state index < -0.39 is 0 Å². The molecule has 1 aliphatic heterocycles. The molecule has 0 unspecified atom stereocenters. The third-order valence-electron chi connectivity index (χ3n) is 3.73. The van der Waals surface area contributed by atoms with E-state index in [0.717, 1.165) is 30.1 Å². The summed E-state index contributed by atoms with van der Waals surface area (Å²) in [6.45, 7) is 2.16. The zero-order chi connectivity index (χ0) is 14.8. The Bertz CT molecular complexity index is 658.